The van der Waals surface area contributed by atoms with Crippen LogP contribution >= 0.6 is 0 Å². The molecule has 0 heterocycles. The molecule has 0 radical (unpaired) electrons. The maximum absolute atomic E-state index is 10.6. The van der Waals surface area contributed by atoms with Crippen LogP contribution in [0.4, 0.5) is 0 Å². The van der Waals surface area contributed by atoms with Crippen molar-refractivity contribution in [3.05, 3.63) is 0 Å². The number of carbonyl (C=O) groups is 1. The molecule has 0 rings (SSSR count). The van der Waals surface area contributed by atoms with Gasteiger partial charge >= 0.3 is 35.5 Å². The van der Waals surface area contributed by atoms with Crippen molar-refractivity contribution < 1.29 is 9.53 Å². The van der Waals surface area contributed by atoms with Crippen LogP contribution in [-0.4, -0.2) is 42.6 Å². The molecule has 0 aromatic carbocycles. The molecule has 3 heteroatoms. The van der Waals surface area contributed by atoms with Crippen LogP contribution in [0.2, 0.25) is 0 Å². The molecule has 0 unspecified atom stereocenters. The summed E-state index contributed by atoms with van der Waals surface area (Å²) >= 11 is 0. The summed E-state index contributed by atoms with van der Waals surface area (Å²) in [5.74, 6) is 0.654. The van der Waals surface area contributed by atoms with E-state index in [1.165, 1.54) is 13.5 Å². The molecule has 68 valence electrons. The summed E-state index contributed by atoms with van der Waals surface area (Å²) in [6.07, 6.45) is 3.87. The van der Waals surface area contributed by atoms with E-state index in [0.29, 0.717) is 6.42 Å². The number of ether oxygens (including phenoxy) is 1. The Kier molecular flexibility index (Phi) is 11.9. The van der Waals surface area contributed by atoms with E-state index in [4.69, 9.17) is 0 Å². The third-order valence-corrected chi connectivity index (χ3v) is 1.64. The minimum absolute atomic E-state index is 0. The van der Waals surface area contributed by atoms with Crippen molar-refractivity contribution in [3.8, 4) is 0 Å². The number of unbranched alkanes of at least 4 members (excludes halogenated alkanes) is 1. The number of rotatable bonds is 5. The Hall–Kier alpha value is 0.470. The van der Waals surface area contributed by atoms with Gasteiger partial charge in [-0.15, -0.1) is 0 Å². The van der Waals surface area contributed by atoms with Gasteiger partial charge in [-0.25, -0.2) is 0 Å². The van der Waals surface area contributed by atoms with Gasteiger partial charge in [0.25, 0.3) is 0 Å². The van der Waals surface area contributed by atoms with E-state index < -0.39 is 0 Å². The van der Waals surface area contributed by atoms with Crippen LogP contribution in [0, 0.1) is 5.92 Å². The molecule has 0 saturated heterocycles. The molecule has 0 spiro atoms. The van der Waals surface area contributed by atoms with Crippen molar-refractivity contribution in [1.82, 2.24) is 0 Å². The summed E-state index contributed by atoms with van der Waals surface area (Å²) in [7, 11) is 1.44. The van der Waals surface area contributed by atoms with Gasteiger partial charge in [0.05, 0.1) is 7.11 Å². The first kappa shape index (κ1) is 15.0. The third kappa shape index (κ3) is 10.5. The van der Waals surface area contributed by atoms with Gasteiger partial charge in [-0.3, -0.25) is 4.79 Å². The second-order valence-electron chi connectivity index (χ2n) is 3.22. The van der Waals surface area contributed by atoms with Gasteiger partial charge in [-0.2, -0.15) is 0 Å². The molecule has 0 bridgehead atoms. The minimum atomic E-state index is -0.0891. The molecule has 2 nitrogen and oxygen atoms in total. The fourth-order valence-corrected chi connectivity index (χ4v) is 0.924. The average molecular weight is 182 g/mol. The van der Waals surface area contributed by atoms with Crippen molar-refractivity contribution in [3.63, 3.8) is 0 Å². The molecule has 0 fully saturated rings. The standard InChI is InChI=1S/C9H18O2.Na.H/c1-8(2)6-4-5-7-9(10)11-3;;/h8H,4-7H2,1-3H3;;. The Morgan fingerprint density at radius 2 is 1.92 bits per heavy atom. The van der Waals surface area contributed by atoms with E-state index in [9.17, 15) is 4.79 Å². The van der Waals surface area contributed by atoms with Crippen molar-refractivity contribution in [1.29, 1.82) is 0 Å². The zero-order valence-electron chi connectivity index (χ0n) is 7.72. The number of methoxy groups -OCH3 is 1. The molecule has 0 aliphatic heterocycles. The quantitative estimate of drug-likeness (QED) is 0.367. The van der Waals surface area contributed by atoms with E-state index in [2.05, 4.69) is 18.6 Å². The van der Waals surface area contributed by atoms with E-state index in [0.717, 1.165) is 18.8 Å². The zero-order valence-corrected chi connectivity index (χ0v) is 7.72. The Morgan fingerprint density at radius 1 is 1.33 bits per heavy atom. The van der Waals surface area contributed by atoms with E-state index >= 15 is 0 Å². The predicted molar refractivity (Wildman–Crippen MR) is 52.5 cm³/mol. The summed E-state index contributed by atoms with van der Waals surface area (Å²) in [5, 5.41) is 0. The first-order valence-corrected chi connectivity index (χ1v) is 4.23. The van der Waals surface area contributed by atoms with E-state index in [-0.39, 0.29) is 35.5 Å². The van der Waals surface area contributed by atoms with Crippen LogP contribution in [0.5, 0.6) is 0 Å². The van der Waals surface area contributed by atoms with Crippen LogP contribution in [0.1, 0.15) is 39.5 Å². The SMILES string of the molecule is COC(=O)CCCCC(C)C.[NaH]. The second-order valence-corrected chi connectivity index (χ2v) is 3.22. The first-order chi connectivity index (χ1) is 5.16. The number of carbonyl (C=O) groups excluding carboxylic acids is 1. The Morgan fingerprint density at radius 3 is 2.33 bits per heavy atom. The van der Waals surface area contributed by atoms with Crippen LogP contribution in [0.3, 0.4) is 0 Å². The zero-order chi connectivity index (χ0) is 8.69. The topological polar surface area (TPSA) is 26.3 Å². The van der Waals surface area contributed by atoms with Crippen molar-refractivity contribution in [2.45, 2.75) is 39.5 Å². The summed E-state index contributed by atoms with van der Waals surface area (Å²) in [6.45, 7) is 4.39. The normalized spacial score (nSPS) is 9.33. The summed E-state index contributed by atoms with van der Waals surface area (Å²) in [4.78, 5) is 10.6. The van der Waals surface area contributed by atoms with Gasteiger partial charge in [0.2, 0.25) is 0 Å². The molecular formula is C9H19NaO2. The monoisotopic (exact) mass is 182 g/mol. The molecule has 0 amide bonds. The van der Waals surface area contributed by atoms with Crippen LogP contribution in [-0.2, 0) is 9.53 Å². The van der Waals surface area contributed by atoms with Gasteiger partial charge in [-0.05, 0) is 12.3 Å². The van der Waals surface area contributed by atoms with E-state index in [1.807, 2.05) is 0 Å². The predicted octanol–water partition coefficient (Wildman–Crippen LogP) is 1.73. The van der Waals surface area contributed by atoms with Gasteiger partial charge in [0.15, 0.2) is 0 Å². The molecule has 0 aliphatic carbocycles. The molecule has 12 heavy (non-hydrogen) atoms. The maximum atomic E-state index is 10.6. The average Bonchev–Trinajstić information content (AvgIpc) is 1.97. The number of hydrogen-bond donors (Lipinski definition) is 0. The Bertz CT molecular complexity index is 113. The fourth-order valence-electron chi connectivity index (χ4n) is 0.924. The number of esters is 1. The Balaban J connectivity index is 0. The molecule has 0 aromatic rings. The molecule has 0 N–H and O–H groups in total. The van der Waals surface area contributed by atoms with Gasteiger partial charge in [0, 0.05) is 6.42 Å². The van der Waals surface area contributed by atoms with Crippen LogP contribution < -0.4 is 0 Å². The third-order valence-electron chi connectivity index (χ3n) is 1.64. The van der Waals surface area contributed by atoms with Crippen LogP contribution in [0.25, 0.3) is 0 Å². The molecule has 0 saturated carbocycles. The fraction of sp³-hybridized carbons (Fsp3) is 0.889. The Labute approximate surface area is 97.3 Å². The van der Waals surface area contributed by atoms with Crippen LogP contribution in [0.15, 0.2) is 0 Å². The second kappa shape index (κ2) is 9.56. The number of hydrogen-bond acceptors (Lipinski definition) is 2. The van der Waals surface area contributed by atoms with Gasteiger partial charge < -0.3 is 4.74 Å². The molecule has 0 aliphatic rings. The van der Waals surface area contributed by atoms with E-state index in [1.54, 1.807) is 0 Å². The van der Waals surface area contributed by atoms with Gasteiger partial charge in [-0.1, -0.05) is 26.7 Å². The van der Waals surface area contributed by atoms with Crippen molar-refractivity contribution >= 4 is 35.5 Å². The molecular weight excluding hydrogens is 163 g/mol. The first-order valence-electron chi connectivity index (χ1n) is 4.23. The van der Waals surface area contributed by atoms with Crippen molar-refractivity contribution in [2.24, 2.45) is 5.92 Å². The molecule has 0 aromatic heterocycles. The van der Waals surface area contributed by atoms with Crippen molar-refractivity contribution in [2.75, 3.05) is 7.11 Å². The molecule has 0 atom stereocenters. The summed E-state index contributed by atoms with van der Waals surface area (Å²) < 4.78 is 4.52. The van der Waals surface area contributed by atoms with Gasteiger partial charge in [0.1, 0.15) is 0 Å². The summed E-state index contributed by atoms with van der Waals surface area (Å²) in [6, 6.07) is 0. The summed E-state index contributed by atoms with van der Waals surface area (Å²) in [5.41, 5.74) is 0.